The summed E-state index contributed by atoms with van der Waals surface area (Å²) in [7, 11) is 3.85. The minimum Gasteiger partial charge on any atom is -0.424 e. The minimum absolute atomic E-state index is 0.0105. The van der Waals surface area contributed by atoms with Gasteiger partial charge in [0, 0.05) is 17.9 Å². The maximum atomic E-state index is 17.2. The van der Waals surface area contributed by atoms with Gasteiger partial charge in [-0.1, -0.05) is 19.1 Å². The lowest BCUT2D eigenvalue weighted by Crippen LogP contribution is -2.72. The van der Waals surface area contributed by atoms with E-state index < -0.39 is 29.1 Å². The second kappa shape index (κ2) is 7.10. The van der Waals surface area contributed by atoms with Crippen molar-refractivity contribution < 1.29 is 23.8 Å². The molecule has 4 fully saturated rings. The maximum Gasteiger partial charge on any atom is 0.292 e. The van der Waals surface area contributed by atoms with Crippen LogP contribution >= 0.6 is 0 Å². The molecule has 8 heteroatoms. The van der Waals surface area contributed by atoms with E-state index in [0.717, 1.165) is 23.9 Å². The summed E-state index contributed by atoms with van der Waals surface area (Å²) in [6, 6.07) is 5.94. The average molecular weight is 498 g/mol. The van der Waals surface area contributed by atoms with Crippen LogP contribution in [0.5, 0.6) is 0 Å². The van der Waals surface area contributed by atoms with Gasteiger partial charge in [-0.25, -0.2) is 4.39 Å². The summed E-state index contributed by atoms with van der Waals surface area (Å²) in [4.78, 5) is 6.19. The quantitative estimate of drug-likeness (QED) is 0.581. The fourth-order valence-electron chi connectivity index (χ4n) is 9.12. The molecule has 1 aromatic heterocycles. The molecule has 3 aliphatic carbocycles. The van der Waals surface area contributed by atoms with Gasteiger partial charge in [-0.05, 0) is 87.7 Å². The summed E-state index contributed by atoms with van der Waals surface area (Å²) in [5, 5.41) is 22.0. The number of aromatic nitrogens is 1. The van der Waals surface area contributed by atoms with Crippen molar-refractivity contribution in [2.24, 2.45) is 17.3 Å². The molecule has 0 amide bonds. The highest BCUT2D eigenvalue weighted by Crippen LogP contribution is 2.72. The van der Waals surface area contributed by atoms with Gasteiger partial charge in [0.2, 0.25) is 0 Å². The summed E-state index contributed by atoms with van der Waals surface area (Å²) < 4.78 is 29.9. The molecule has 1 aromatic carbocycles. The van der Waals surface area contributed by atoms with Crippen LogP contribution in [0.2, 0.25) is 0 Å². The Morgan fingerprint density at radius 2 is 1.92 bits per heavy atom. The van der Waals surface area contributed by atoms with Crippen LogP contribution in [-0.4, -0.2) is 69.3 Å². The number of nitrogen functional groups attached to an aromatic ring is 1. The van der Waals surface area contributed by atoms with Gasteiger partial charge in [0.25, 0.3) is 6.01 Å². The first-order chi connectivity index (χ1) is 17.0. The molecule has 3 heterocycles. The Morgan fingerprint density at radius 1 is 1.11 bits per heavy atom. The van der Waals surface area contributed by atoms with Crippen molar-refractivity contribution in [2.45, 2.75) is 87.0 Å². The fraction of sp³-hybridized carbons (Fsp3) is 0.679. The number of nitrogens with zero attached hydrogens (tertiary/aromatic N) is 2. The molecule has 2 aliphatic heterocycles. The highest BCUT2D eigenvalue weighted by atomic mass is 19.1. The first-order valence-corrected chi connectivity index (χ1v) is 13.3. The standard InChI is InChI=1S/C28H36FN3O4/c1-25-8-10-27(29)13-17-22(33)23(34)19(32(2)3)14-26(17)9-11-28(27,36-26)21(25)7-5-16(25)15-4-6-18-20(12-15)35-24(30)31-18/h4-6,12,17,19,21-23,33-34H,7-11,13-14H2,1-3H3,(H2,30,31). The molecule has 0 radical (unpaired) electrons. The normalized spacial score (nSPS) is 47.5. The average Bonchev–Trinajstić information content (AvgIpc) is 3.49. The number of alkyl halides is 1. The van der Waals surface area contributed by atoms with Gasteiger partial charge >= 0.3 is 0 Å². The van der Waals surface area contributed by atoms with Crippen molar-refractivity contribution in [3.63, 3.8) is 0 Å². The SMILES string of the molecule is CN(C)C1CC23CCC4(O2)C2CC=C(c5ccc6nc(N)oc6c5)C2(C)CCC4(F)CC3C(O)C1O. The molecule has 9 unspecified atom stereocenters. The third-order valence-corrected chi connectivity index (χ3v) is 10.9. The van der Waals surface area contributed by atoms with Crippen molar-refractivity contribution in [3.05, 3.63) is 29.8 Å². The van der Waals surface area contributed by atoms with Crippen molar-refractivity contribution in [1.29, 1.82) is 0 Å². The number of oxazole rings is 1. The number of anilines is 1. The largest absolute Gasteiger partial charge is 0.424 e. The van der Waals surface area contributed by atoms with E-state index >= 15 is 4.39 Å². The second-order valence-corrected chi connectivity index (χ2v) is 12.6. The Morgan fingerprint density at radius 3 is 2.69 bits per heavy atom. The highest BCUT2D eigenvalue weighted by molar-refractivity contribution is 5.82. The monoisotopic (exact) mass is 497 g/mol. The number of hydrogen-bond donors (Lipinski definition) is 3. The molecule has 36 heavy (non-hydrogen) atoms. The van der Waals surface area contributed by atoms with Gasteiger partial charge in [0.05, 0.1) is 17.8 Å². The number of aliphatic hydroxyl groups excluding tert-OH is 2. The molecule has 4 N–H and O–H groups in total. The molecule has 7 rings (SSSR count). The summed E-state index contributed by atoms with van der Waals surface area (Å²) in [5.74, 6) is -0.377. The van der Waals surface area contributed by atoms with Crippen LogP contribution in [0.4, 0.5) is 10.4 Å². The van der Waals surface area contributed by atoms with Crippen molar-refractivity contribution in [1.82, 2.24) is 9.88 Å². The molecule has 2 saturated carbocycles. The molecule has 2 saturated heterocycles. The number of halogens is 1. The molecule has 2 spiro atoms. The van der Waals surface area contributed by atoms with Crippen LogP contribution in [-0.2, 0) is 4.74 Å². The number of aliphatic hydroxyl groups is 2. The lowest BCUT2D eigenvalue weighted by atomic mass is 9.51. The molecule has 5 aliphatic rings. The second-order valence-electron chi connectivity index (χ2n) is 12.6. The van der Waals surface area contributed by atoms with Gasteiger partial charge in [-0.3, -0.25) is 0 Å². The molecule has 9 atom stereocenters. The zero-order valence-electron chi connectivity index (χ0n) is 21.2. The number of ether oxygens (including phenoxy) is 1. The lowest BCUT2D eigenvalue weighted by Gasteiger charge is -2.64. The van der Waals surface area contributed by atoms with Gasteiger partial charge in [0.15, 0.2) is 5.58 Å². The Labute approximate surface area is 210 Å². The lowest BCUT2D eigenvalue weighted by molar-refractivity contribution is -0.314. The smallest absolute Gasteiger partial charge is 0.292 e. The van der Waals surface area contributed by atoms with Crippen LogP contribution in [0.1, 0.15) is 57.4 Å². The van der Waals surface area contributed by atoms with Crippen molar-refractivity contribution >= 4 is 22.7 Å². The fourth-order valence-corrected chi connectivity index (χ4v) is 9.12. The van der Waals surface area contributed by atoms with Gasteiger partial charge < -0.3 is 30.0 Å². The summed E-state index contributed by atoms with van der Waals surface area (Å²) in [6.45, 7) is 2.27. The molecule has 7 nitrogen and oxygen atoms in total. The van der Waals surface area contributed by atoms with E-state index in [-0.39, 0.29) is 35.7 Å². The van der Waals surface area contributed by atoms with E-state index in [4.69, 9.17) is 14.9 Å². The Kier molecular flexibility index (Phi) is 4.56. The maximum absolute atomic E-state index is 17.2. The minimum atomic E-state index is -1.51. The Hall–Kier alpha value is -2.00. The summed E-state index contributed by atoms with van der Waals surface area (Å²) in [6.07, 6.45) is 4.51. The number of benzene rings is 1. The highest BCUT2D eigenvalue weighted by Gasteiger charge is 2.77. The third-order valence-electron chi connectivity index (χ3n) is 10.9. The topological polar surface area (TPSA) is 105 Å². The number of fused-ring (bicyclic) bond motifs is 2. The molecular formula is C28H36FN3O4. The van der Waals surface area contributed by atoms with Crippen molar-refractivity contribution in [3.8, 4) is 0 Å². The third kappa shape index (κ3) is 2.69. The summed E-state index contributed by atoms with van der Waals surface area (Å²) in [5.41, 5.74) is 6.22. The summed E-state index contributed by atoms with van der Waals surface area (Å²) >= 11 is 0. The number of likely N-dealkylation sites (N-methyl/N-ethyl adjacent to an activating group) is 1. The molecule has 194 valence electrons. The number of rotatable bonds is 2. The van der Waals surface area contributed by atoms with Crippen LogP contribution < -0.4 is 5.73 Å². The van der Waals surface area contributed by atoms with E-state index in [9.17, 15) is 10.2 Å². The zero-order valence-corrected chi connectivity index (χ0v) is 21.2. The first-order valence-electron chi connectivity index (χ1n) is 13.3. The van der Waals surface area contributed by atoms with Crippen LogP contribution in [0.25, 0.3) is 16.7 Å². The van der Waals surface area contributed by atoms with Crippen LogP contribution in [0.3, 0.4) is 0 Å². The predicted octanol–water partition coefficient (Wildman–Crippen LogP) is 3.69. The number of allylic oxidation sites excluding steroid dienone is 2. The molecule has 2 aromatic rings. The molecule has 2 bridgehead atoms. The van der Waals surface area contributed by atoms with Gasteiger partial charge in [-0.15, -0.1) is 0 Å². The predicted molar refractivity (Wildman–Crippen MR) is 134 cm³/mol. The Bertz CT molecular complexity index is 1280. The number of nitrogens with two attached hydrogens (primary N) is 1. The first kappa shape index (κ1) is 23.1. The van der Waals surface area contributed by atoms with E-state index in [1.165, 1.54) is 5.57 Å². The van der Waals surface area contributed by atoms with Crippen molar-refractivity contribution in [2.75, 3.05) is 19.8 Å². The molecular weight excluding hydrogens is 461 g/mol. The van der Waals surface area contributed by atoms with Crippen LogP contribution in [0.15, 0.2) is 28.7 Å². The van der Waals surface area contributed by atoms with Gasteiger partial charge in [0.1, 0.15) is 16.8 Å². The van der Waals surface area contributed by atoms with Gasteiger partial charge in [-0.2, -0.15) is 4.98 Å². The Balaban J connectivity index is 1.27. The van der Waals surface area contributed by atoms with E-state index in [0.29, 0.717) is 31.3 Å². The zero-order chi connectivity index (χ0) is 25.3. The number of hydrogen-bond acceptors (Lipinski definition) is 7. The van der Waals surface area contributed by atoms with E-state index in [1.54, 1.807) is 0 Å². The van der Waals surface area contributed by atoms with E-state index in [2.05, 4.69) is 24.1 Å². The van der Waals surface area contributed by atoms with E-state index in [1.807, 2.05) is 31.1 Å². The van der Waals surface area contributed by atoms with Crippen LogP contribution in [0, 0.1) is 17.3 Å².